The van der Waals surface area contributed by atoms with Crippen molar-refractivity contribution in [3.05, 3.63) is 58.1 Å². The SMILES string of the molecule is CCc1cc(C)c(C)cc1OCc1c(C)cccc1NC(=O)OC. The highest BCUT2D eigenvalue weighted by Gasteiger charge is 2.11. The zero-order valence-electron chi connectivity index (χ0n) is 15.0. The highest BCUT2D eigenvalue weighted by molar-refractivity contribution is 5.85. The van der Waals surface area contributed by atoms with Gasteiger partial charge in [0.1, 0.15) is 12.4 Å². The van der Waals surface area contributed by atoms with Crippen molar-refractivity contribution < 1.29 is 14.3 Å². The van der Waals surface area contributed by atoms with E-state index in [1.54, 1.807) is 0 Å². The van der Waals surface area contributed by atoms with Crippen molar-refractivity contribution in [3.63, 3.8) is 0 Å². The number of carbonyl (C=O) groups excluding carboxylic acids is 1. The van der Waals surface area contributed by atoms with E-state index in [1.807, 2.05) is 25.1 Å². The minimum absolute atomic E-state index is 0.390. The summed E-state index contributed by atoms with van der Waals surface area (Å²) >= 11 is 0. The average Bonchev–Trinajstić information content (AvgIpc) is 2.56. The Morgan fingerprint density at radius 1 is 1.08 bits per heavy atom. The maximum absolute atomic E-state index is 11.5. The van der Waals surface area contributed by atoms with Gasteiger partial charge in [-0.1, -0.05) is 25.1 Å². The van der Waals surface area contributed by atoms with E-state index in [2.05, 4.69) is 43.0 Å². The number of aryl methyl sites for hydroxylation is 4. The summed E-state index contributed by atoms with van der Waals surface area (Å²) in [7, 11) is 1.35. The first-order chi connectivity index (χ1) is 11.5. The molecule has 0 heterocycles. The summed E-state index contributed by atoms with van der Waals surface area (Å²) in [5, 5.41) is 2.75. The van der Waals surface area contributed by atoms with Gasteiger partial charge in [-0.25, -0.2) is 4.79 Å². The summed E-state index contributed by atoms with van der Waals surface area (Å²) in [5.41, 5.74) is 6.38. The summed E-state index contributed by atoms with van der Waals surface area (Å²) < 4.78 is 10.8. The van der Waals surface area contributed by atoms with Crippen LogP contribution in [0.5, 0.6) is 5.75 Å². The Bertz CT molecular complexity index is 738. The molecule has 2 rings (SSSR count). The molecule has 1 amide bonds. The zero-order valence-corrected chi connectivity index (χ0v) is 15.0. The standard InChI is InChI=1S/C20H25NO3/c1-6-16-10-14(3)15(4)11-19(16)24-12-17-13(2)8-7-9-18(17)21-20(22)23-5/h7-11H,6,12H2,1-5H3,(H,21,22). The van der Waals surface area contributed by atoms with E-state index >= 15 is 0 Å². The topological polar surface area (TPSA) is 47.6 Å². The molecule has 0 aliphatic heterocycles. The first-order valence-corrected chi connectivity index (χ1v) is 8.12. The number of hydrogen-bond donors (Lipinski definition) is 1. The Kier molecular flexibility index (Phi) is 5.85. The number of rotatable bonds is 5. The molecule has 0 bridgehead atoms. The third kappa shape index (κ3) is 4.07. The van der Waals surface area contributed by atoms with Gasteiger partial charge in [0.2, 0.25) is 0 Å². The molecular weight excluding hydrogens is 302 g/mol. The third-order valence-electron chi connectivity index (χ3n) is 4.26. The van der Waals surface area contributed by atoms with Crippen LogP contribution in [0.25, 0.3) is 0 Å². The van der Waals surface area contributed by atoms with Gasteiger partial charge in [-0.05, 0) is 61.6 Å². The Labute approximate surface area is 143 Å². The molecule has 1 N–H and O–H groups in total. The summed E-state index contributed by atoms with van der Waals surface area (Å²) in [4.78, 5) is 11.5. The maximum atomic E-state index is 11.5. The molecule has 24 heavy (non-hydrogen) atoms. The Morgan fingerprint density at radius 2 is 1.79 bits per heavy atom. The van der Waals surface area contributed by atoms with Gasteiger partial charge in [0.15, 0.2) is 0 Å². The van der Waals surface area contributed by atoms with E-state index in [0.29, 0.717) is 12.3 Å². The van der Waals surface area contributed by atoms with Crippen LogP contribution < -0.4 is 10.1 Å². The van der Waals surface area contributed by atoms with E-state index in [4.69, 9.17) is 4.74 Å². The summed E-state index contributed by atoms with van der Waals surface area (Å²) in [5.74, 6) is 0.896. The molecular formula is C20H25NO3. The molecule has 2 aromatic carbocycles. The molecule has 0 aliphatic carbocycles. The lowest BCUT2D eigenvalue weighted by molar-refractivity contribution is 0.187. The number of hydrogen-bond acceptors (Lipinski definition) is 3. The Hall–Kier alpha value is -2.49. The van der Waals surface area contributed by atoms with Crippen LogP contribution in [0, 0.1) is 20.8 Å². The van der Waals surface area contributed by atoms with E-state index in [1.165, 1.54) is 23.8 Å². The van der Waals surface area contributed by atoms with E-state index < -0.39 is 6.09 Å². The van der Waals surface area contributed by atoms with Gasteiger partial charge in [-0.3, -0.25) is 5.32 Å². The lowest BCUT2D eigenvalue weighted by Crippen LogP contribution is -2.14. The fourth-order valence-corrected chi connectivity index (χ4v) is 2.58. The molecule has 0 aliphatic rings. The van der Waals surface area contributed by atoms with Crippen molar-refractivity contribution in [1.82, 2.24) is 0 Å². The van der Waals surface area contributed by atoms with Crippen LogP contribution >= 0.6 is 0 Å². The van der Waals surface area contributed by atoms with Gasteiger partial charge < -0.3 is 9.47 Å². The lowest BCUT2D eigenvalue weighted by Gasteiger charge is -2.17. The number of methoxy groups -OCH3 is 1. The Balaban J connectivity index is 2.26. The second-order valence-corrected chi connectivity index (χ2v) is 5.90. The minimum atomic E-state index is -0.484. The fraction of sp³-hybridized carbons (Fsp3) is 0.350. The molecule has 4 nitrogen and oxygen atoms in total. The van der Waals surface area contributed by atoms with E-state index in [0.717, 1.165) is 23.3 Å². The zero-order chi connectivity index (χ0) is 17.7. The molecule has 0 spiro atoms. The molecule has 0 unspecified atom stereocenters. The number of benzene rings is 2. The van der Waals surface area contributed by atoms with Gasteiger partial charge in [0, 0.05) is 5.56 Å². The van der Waals surface area contributed by atoms with Crippen LogP contribution in [0.1, 0.15) is 34.7 Å². The maximum Gasteiger partial charge on any atom is 0.411 e. The van der Waals surface area contributed by atoms with Crippen LogP contribution in [0.4, 0.5) is 10.5 Å². The molecule has 0 fully saturated rings. The number of nitrogens with one attached hydrogen (secondary N) is 1. The smallest absolute Gasteiger partial charge is 0.411 e. The van der Waals surface area contributed by atoms with E-state index in [9.17, 15) is 4.79 Å². The molecule has 0 saturated carbocycles. The molecule has 0 aromatic heterocycles. The van der Waals surface area contributed by atoms with Crippen LogP contribution in [-0.2, 0) is 17.8 Å². The molecule has 4 heteroatoms. The highest BCUT2D eigenvalue weighted by Crippen LogP contribution is 2.27. The quantitative estimate of drug-likeness (QED) is 0.847. The third-order valence-corrected chi connectivity index (χ3v) is 4.26. The molecule has 0 radical (unpaired) electrons. The second-order valence-electron chi connectivity index (χ2n) is 5.90. The van der Waals surface area contributed by atoms with Crippen LogP contribution in [0.3, 0.4) is 0 Å². The van der Waals surface area contributed by atoms with Crippen molar-refractivity contribution in [2.75, 3.05) is 12.4 Å². The van der Waals surface area contributed by atoms with Gasteiger partial charge in [0.25, 0.3) is 0 Å². The first-order valence-electron chi connectivity index (χ1n) is 8.12. The van der Waals surface area contributed by atoms with Crippen molar-refractivity contribution in [3.8, 4) is 5.75 Å². The predicted molar refractivity (Wildman–Crippen MR) is 96.8 cm³/mol. The molecule has 2 aromatic rings. The Morgan fingerprint density at radius 3 is 2.46 bits per heavy atom. The number of anilines is 1. The van der Waals surface area contributed by atoms with Crippen molar-refractivity contribution >= 4 is 11.8 Å². The normalized spacial score (nSPS) is 10.4. The van der Waals surface area contributed by atoms with Crippen LogP contribution in [0.2, 0.25) is 0 Å². The summed E-state index contributed by atoms with van der Waals surface area (Å²) in [6.45, 7) is 8.70. The monoisotopic (exact) mass is 327 g/mol. The number of amides is 1. The van der Waals surface area contributed by atoms with Gasteiger partial charge in [-0.15, -0.1) is 0 Å². The lowest BCUT2D eigenvalue weighted by atomic mass is 10.0. The molecule has 0 atom stereocenters. The van der Waals surface area contributed by atoms with E-state index in [-0.39, 0.29) is 0 Å². The minimum Gasteiger partial charge on any atom is -0.489 e. The number of ether oxygens (including phenoxy) is 2. The van der Waals surface area contributed by atoms with Gasteiger partial charge >= 0.3 is 6.09 Å². The number of carbonyl (C=O) groups is 1. The first kappa shape index (κ1) is 17.9. The average molecular weight is 327 g/mol. The summed E-state index contributed by atoms with van der Waals surface area (Å²) in [6.07, 6.45) is 0.430. The summed E-state index contributed by atoms with van der Waals surface area (Å²) in [6, 6.07) is 10.0. The molecule has 0 saturated heterocycles. The largest absolute Gasteiger partial charge is 0.489 e. The van der Waals surface area contributed by atoms with Crippen molar-refractivity contribution in [1.29, 1.82) is 0 Å². The van der Waals surface area contributed by atoms with Crippen LogP contribution in [-0.4, -0.2) is 13.2 Å². The van der Waals surface area contributed by atoms with Gasteiger partial charge in [0.05, 0.1) is 12.8 Å². The second kappa shape index (κ2) is 7.86. The van der Waals surface area contributed by atoms with Crippen molar-refractivity contribution in [2.45, 2.75) is 40.7 Å². The highest BCUT2D eigenvalue weighted by atomic mass is 16.5. The fourth-order valence-electron chi connectivity index (χ4n) is 2.58. The van der Waals surface area contributed by atoms with Crippen molar-refractivity contribution in [2.24, 2.45) is 0 Å². The van der Waals surface area contributed by atoms with Crippen LogP contribution in [0.15, 0.2) is 30.3 Å². The molecule has 128 valence electrons. The predicted octanol–water partition coefficient (Wildman–Crippen LogP) is 4.93. The van der Waals surface area contributed by atoms with Gasteiger partial charge in [-0.2, -0.15) is 0 Å².